The number of anilines is 1. The molecule has 2 aromatic carbocycles. The zero-order valence-corrected chi connectivity index (χ0v) is 45.4. The van der Waals surface area contributed by atoms with Crippen molar-refractivity contribution in [2.45, 2.75) is 152 Å². The van der Waals surface area contributed by atoms with E-state index in [-0.39, 0.29) is 74.2 Å². The number of carboxylic acid groups (broad SMARTS) is 1. The number of rotatable bonds is 21. The lowest BCUT2D eigenvalue weighted by Crippen LogP contribution is -2.63. The Kier molecular flexibility index (Phi) is 17.6. The Hall–Kier alpha value is -6.19. The average Bonchev–Trinajstić information content (AvgIpc) is 3.91. The number of benzene rings is 2. The number of ketones is 2. The maximum absolute atomic E-state index is 14.1. The van der Waals surface area contributed by atoms with Crippen LogP contribution in [0.25, 0.3) is 0 Å². The third kappa shape index (κ3) is 11.6. The molecule has 81 heavy (non-hydrogen) atoms. The highest BCUT2D eigenvalue weighted by molar-refractivity contribution is 6.01. The molecule has 7 aliphatic rings. The van der Waals surface area contributed by atoms with Crippen LogP contribution < -0.4 is 31.7 Å². The second kappa shape index (κ2) is 24.0. The molecule has 24 nitrogen and oxygen atoms in total. The minimum absolute atomic E-state index is 0.00662. The molecule has 0 spiro atoms. The minimum Gasteiger partial charge on any atom is -0.479 e. The van der Waals surface area contributed by atoms with E-state index < -0.39 is 119 Å². The number of aliphatic carboxylic acids is 1. The smallest absolute Gasteiger partial charge is 0.408 e. The van der Waals surface area contributed by atoms with Gasteiger partial charge in [0.2, 0.25) is 24.0 Å². The fourth-order valence-corrected chi connectivity index (χ4v) is 13.8. The number of hydrogen-bond donors (Lipinski definition) is 11. The molecule has 3 heterocycles. The summed E-state index contributed by atoms with van der Waals surface area (Å²) in [6.07, 6.45) is -4.11. The van der Waals surface area contributed by atoms with Gasteiger partial charge in [-0.3, -0.25) is 24.0 Å². The Morgan fingerprint density at radius 2 is 1.68 bits per heavy atom. The Labute approximate surface area is 467 Å². The van der Waals surface area contributed by atoms with Gasteiger partial charge < -0.3 is 86.1 Å². The number of aliphatic hydroxyl groups excluding tert-OH is 5. The molecule has 4 aliphatic carbocycles. The SMILES string of the molecule is CC(=O)N[C@@H](CCCCN)C(=O)NCCC(=O)Nc1cc(COC(=O)NC2(Cc3ccc([C@@H]4O[C@@H]5C[C@H]6[C@@H]7CCC8=CC(=O)C=C[C@]8(C)[C@H]7[C@@H](O)C[C@]6(C)[C@]5(C(=O)CO)O4)cc3)COC2)ccc1OC1O[C@H](C(=O)O)[C@@H](O)[C@H](O)[C@H]1O. The Bertz CT molecular complexity index is 2810. The standard InChI is InChI=1S/C57H73N5O19/c1-29(64)60-37(6-4-5-18-58)49(72)59-19-16-43(68)61-38-20-31(9-14-40(38)78-52-47(71)45(69)46(70)48(80-52)50(73)74)26-77-53(75)62-56(27-76-28-56)23-30-7-10-32(11-8-30)51-79-42-22-36-35-13-12-33-21-34(65)15-17-54(33,2)44(35)39(66)24-55(36,3)57(42,81-51)41(67)25-63/h7-11,14-15,17,20-21,35-37,39,42,44-48,51-52,63,66,69-71H,4-6,12-13,16,18-19,22-28,58H2,1-3H3,(H,59,72)(H,60,64)(H,61,68)(H,62,75)(H,73,74)/t35-,36-,37-,39-,42+,44+,45-,46-,47+,48-,51+,52?,54-,55-,57+/m0/s1. The number of nitrogens with two attached hydrogens (primary N) is 1. The molecule has 9 rings (SSSR count). The van der Waals surface area contributed by atoms with Gasteiger partial charge in [-0.2, -0.15) is 0 Å². The van der Waals surface area contributed by atoms with Crippen LogP contribution in [0.3, 0.4) is 0 Å². The van der Waals surface area contributed by atoms with Gasteiger partial charge >= 0.3 is 12.1 Å². The topological polar surface area (TPSA) is 370 Å². The molecule has 15 atom stereocenters. The van der Waals surface area contributed by atoms with Crippen molar-refractivity contribution in [3.8, 4) is 5.75 Å². The number of carbonyl (C=O) groups excluding carboxylic acids is 6. The number of fused-ring (bicyclic) bond motifs is 7. The summed E-state index contributed by atoms with van der Waals surface area (Å²) in [5.41, 5.74) is 4.49. The lowest BCUT2D eigenvalue weighted by Gasteiger charge is -2.59. The predicted molar refractivity (Wildman–Crippen MR) is 282 cm³/mol. The van der Waals surface area contributed by atoms with E-state index in [9.17, 15) is 64.2 Å². The van der Waals surface area contributed by atoms with Crippen molar-refractivity contribution in [2.75, 3.05) is 38.2 Å². The lowest BCUT2D eigenvalue weighted by atomic mass is 9.46. The molecule has 3 saturated carbocycles. The van der Waals surface area contributed by atoms with Crippen LogP contribution in [0.15, 0.2) is 66.3 Å². The first-order chi connectivity index (χ1) is 38.5. The van der Waals surface area contributed by atoms with Crippen molar-refractivity contribution < 1.29 is 92.6 Å². The Balaban J connectivity index is 0.835. The highest BCUT2D eigenvalue weighted by atomic mass is 16.7. The van der Waals surface area contributed by atoms with Crippen molar-refractivity contribution >= 4 is 47.0 Å². The van der Waals surface area contributed by atoms with Gasteiger partial charge in [-0.25, -0.2) is 9.59 Å². The molecule has 440 valence electrons. The van der Waals surface area contributed by atoms with Crippen molar-refractivity contribution in [3.05, 3.63) is 83.0 Å². The van der Waals surface area contributed by atoms with Crippen LogP contribution in [0.5, 0.6) is 5.75 Å². The highest BCUT2D eigenvalue weighted by Gasteiger charge is 2.76. The van der Waals surface area contributed by atoms with E-state index in [2.05, 4.69) is 28.2 Å². The van der Waals surface area contributed by atoms with Gasteiger partial charge in [-0.05, 0) is 98.7 Å². The summed E-state index contributed by atoms with van der Waals surface area (Å²) in [5, 5.41) is 74.1. The number of carboxylic acids is 1. The molecular formula is C57H73N5O19. The summed E-state index contributed by atoms with van der Waals surface area (Å²) < 4.78 is 35.7. The zero-order chi connectivity index (χ0) is 58.2. The third-order valence-corrected chi connectivity index (χ3v) is 17.7. The summed E-state index contributed by atoms with van der Waals surface area (Å²) in [5.74, 6) is -4.20. The molecule has 4 amide bonds. The van der Waals surface area contributed by atoms with Crippen LogP contribution in [-0.4, -0.2) is 165 Å². The fraction of sp³-hybridized carbons (Fsp3) is 0.596. The Morgan fingerprint density at radius 1 is 0.938 bits per heavy atom. The largest absolute Gasteiger partial charge is 0.479 e. The van der Waals surface area contributed by atoms with Gasteiger partial charge in [0.15, 0.2) is 29.6 Å². The summed E-state index contributed by atoms with van der Waals surface area (Å²) in [6, 6.07) is 10.6. The number of aliphatic hydroxyl groups is 5. The normalized spacial score (nSPS) is 33.7. The second-order valence-corrected chi connectivity index (χ2v) is 23.0. The monoisotopic (exact) mass is 1130 g/mol. The van der Waals surface area contributed by atoms with Crippen molar-refractivity contribution in [1.82, 2.24) is 16.0 Å². The van der Waals surface area contributed by atoms with Crippen LogP contribution in [0.2, 0.25) is 0 Å². The maximum atomic E-state index is 14.1. The van der Waals surface area contributed by atoms with E-state index in [1.54, 1.807) is 12.2 Å². The molecule has 3 aliphatic heterocycles. The first-order valence-corrected chi connectivity index (χ1v) is 27.5. The summed E-state index contributed by atoms with van der Waals surface area (Å²) >= 11 is 0. The third-order valence-electron chi connectivity index (χ3n) is 17.7. The number of Topliss-reactive ketones (excluding diaryl/α,β-unsaturated/α-hetero) is 1. The number of unbranched alkanes of at least 4 members (excludes halogenated alkanes) is 1. The number of hydrogen-bond acceptors (Lipinski definition) is 19. The molecule has 1 unspecified atom stereocenters. The highest BCUT2D eigenvalue weighted by Crippen LogP contribution is 2.70. The van der Waals surface area contributed by atoms with Gasteiger partial charge in [0.1, 0.15) is 43.3 Å². The molecule has 12 N–H and O–H groups in total. The van der Waals surface area contributed by atoms with Gasteiger partial charge in [0.05, 0.1) is 36.6 Å². The van der Waals surface area contributed by atoms with Crippen LogP contribution >= 0.6 is 0 Å². The fourth-order valence-electron chi connectivity index (χ4n) is 13.8. The van der Waals surface area contributed by atoms with Gasteiger partial charge in [0.25, 0.3) is 0 Å². The van der Waals surface area contributed by atoms with Crippen molar-refractivity contribution in [2.24, 2.45) is 34.3 Å². The average molecular weight is 1130 g/mol. The van der Waals surface area contributed by atoms with E-state index in [0.29, 0.717) is 56.2 Å². The lowest BCUT2D eigenvalue weighted by molar-refractivity contribution is -0.271. The van der Waals surface area contributed by atoms with E-state index in [1.165, 1.54) is 25.1 Å². The molecule has 0 radical (unpaired) electrons. The number of nitrogens with one attached hydrogen (secondary N) is 4. The number of ether oxygens (including phenoxy) is 6. The van der Waals surface area contributed by atoms with Crippen LogP contribution in [0, 0.1) is 28.6 Å². The maximum Gasteiger partial charge on any atom is 0.408 e. The Morgan fingerprint density at radius 3 is 2.36 bits per heavy atom. The summed E-state index contributed by atoms with van der Waals surface area (Å²) in [7, 11) is 0. The quantitative estimate of drug-likeness (QED) is 0.0773. The molecule has 3 saturated heterocycles. The molecule has 6 fully saturated rings. The summed E-state index contributed by atoms with van der Waals surface area (Å²) in [4.78, 5) is 89.8. The van der Waals surface area contributed by atoms with E-state index >= 15 is 0 Å². The molecule has 0 bridgehead atoms. The van der Waals surface area contributed by atoms with E-state index in [0.717, 1.165) is 17.6 Å². The van der Waals surface area contributed by atoms with Crippen molar-refractivity contribution in [3.63, 3.8) is 0 Å². The first kappa shape index (κ1) is 59.4. The van der Waals surface area contributed by atoms with Gasteiger partial charge in [0, 0.05) is 48.6 Å². The van der Waals surface area contributed by atoms with Crippen LogP contribution in [0.4, 0.5) is 10.5 Å². The first-order valence-electron chi connectivity index (χ1n) is 27.5. The molecule has 0 aromatic heterocycles. The number of carbonyl (C=O) groups is 7. The van der Waals surface area contributed by atoms with Gasteiger partial charge in [-0.15, -0.1) is 0 Å². The molecule has 24 heteroatoms. The van der Waals surface area contributed by atoms with Crippen LogP contribution in [-0.2, 0) is 65.5 Å². The zero-order valence-electron chi connectivity index (χ0n) is 45.4. The second-order valence-electron chi connectivity index (χ2n) is 23.0. The van der Waals surface area contributed by atoms with E-state index in [4.69, 9.17) is 34.2 Å². The molecular weight excluding hydrogens is 1060 g/mol. The molecule has 2 aromatic rings. The van der Waals surface area contributed by atoms with Crippen molar-refractivity contribution in [1.29, 1.82) is 0 Å². The summed E-state index contributed by atoms with van der Waals surface area (Å²) in [6.45, 7) is 4.77. The predicted octanol–water partition coefficient (Wildman–Crippen LogP) is 0.877. The minimum atomic E-state index is -2.00. The van der Waals surface area contributed by atoms with E-state index in [1.807, 2.05) is 37.3 Å². The van der Waals surface area contributed by atoms with Crippen LogP contribution in [0.1, 0.15) is 95.1 Å². The number of amides is 4. The van der Waals surface area contributed by atoms with Gasteiger partial charge in [-0.1, -0.05) is 55.8 Å². The number of alkyl carbamates (subject to hydrolysis) is 1. The number of allylic oxidation sites excluding steroid dienone is 4.